The largest absolute Gasteiger partial charge is 0.744 e. The summed E-state index contributed by atoms with van der Waals surface area (Å²) in [5.74, 6) is -0.637. The number of nitrogens with one attached hydrogen (secondary N) is 2. The molecule has 0 fully saturated rings. The predicted octanol–water partition coefficient (Wildman–Crippen LogP) is 2.49. The highest BCUT2D eigenvalue weighted by Gasteiger charge is 2.35. The molecule has 7 aromatic rings. The quantitative estimate of drug-likeness (QED) is 0.241. The Hall–Kier alpha value is -6.12. The summed E-state index contributed by atoms with van der Waals surface area (Å²) in [6, 6.07) is 19.6. The first-order valence-electron chi connectivity index (χ1n) is 15.5. The zero-order chi connectivity index (χ0) is 39.7. The fraction of sp³-hybridized carbons (Fsp3) is 0. The summed E-state index contributed by atoms with van der Waals surface area (Å²) in [5.41, 5.74) is -0.283. The topological polar surface area (TPSA) is 338 Å². The third-order valence-corrected chi connectivity index (χ3v) is 12.8. The van der Waals surface area contributed by atoms with E-state index in [1.807, 2.05) is 0 Å². The number of benzene rings is 4. The molecule has 0 unspecified atom stereocenters. The van der Waals surface area contributed by atoms with Gasteiger partial charge in [-0.05, 0) is 0 Å². The van der Waals surface area contributed by atoms with Gasteiger partial charge in [0.1, 0.15) is 63.1 Å². The van der Waals surface area contributed by atoms with Crippen molar-refractivity contribution in [3.05, 3.63) is 72.8 Å². The van der Waals surface area contributed by atoms with Gasteiger partial charge in [0.2, 0.25) is 0 Å². The summed E-state index contributed by atoms with van der Waals surface area (Å²) < 4.78 is 154. The highest BCUT2D eigenvalue weighted by atomic mass is 32.2. The van der Waals surface area contributed by atoms with Crippen molar-refractivity contribution in [2.24, 2.45) is 0 Å². The fourth-order valence-electron chi connectivity index (χ4n) is 6.72. The van der Waals surface area contributed by atoms with Crippen molar-refractivity contribution in [3.8, 4) is 45.6 Å². The zero-order valence-electron chi connectivity index (χ0n) is 27.1. The van der Waals surface area contributed by atoms with E-state index in [0.717, 1.165) is 0 Å². The molecular formula is C32H14N8O12S4-4. The summed E-state index contributed by atoms with van der Waals surface area (Å²) >= 11 is 0. The minimum Gasteiger partial charge on any atom is -0.744 e. The number of aromatic nitrogens is 8. The van der Waals surface area contributed by atoms with Crippen LogP contribution in [-0.4, -0.2) is 91.8 Å². The van der Waals surface area contributed by atoms with Gasteiger partial charge in [-0.1, -0.05) is 72.8 Å². The van der Waals surface area contributed by atoms with E-state index in [0.29, 0.717) is 21.9 Å². The average Bonchev–Trinajstić information content (AvgIpc) is 3.84. The van der Waals surface area contributed by atoms with Crippen LogP contribution in [0.1, 0.15) is 0 Å². The van der Waals surface area contributed by atoms with Crippen LogP contribution in [0.5, 0.6) is 0 Å². The number of H-pyrrole nitrogens is 2. The lowest BCUT2D eigenvalue weighted by atomic mass is 10.1. The standard InChI is InChI=1S/C32H18N8O12S4/c41-53(42,43)21-19-20(22(54(44,45)46)24(56(50,51)52)23(21)55(47,48)49)32-39-30-18-12-6-4-10-16(18)28(37-30)35-26-14-8-2-1-7-13(14)25(33-26)34-27-15-9-3-5-11-17(15)29(36-27)38-31(19)40-32/h1-12H,(H,41,42,43)(H,44,45,46)(H,47,48,49)(H,50,51,52)(H2,33,34,35,36,37,38,39,40)/p-4. The molecule has 2 aliphatic rings. The highest BCUT2D eigenvalue weighted by Crippen LogP contribution is 2.45. The van der Waals surface area contributed by atoms with E-state index >= 15 is 0 Å². The number of fused-ring (bicyclic) bond motifs is 20. The van der Waals surface area contributed by atoms with Gasteiger partial charge in [-0.3, -0.25) is 0 Å². The van der Waals surface area contributed by atoms with Gasteiger partial charge in [0.05, 0.1) is 19.6 Å². The monoisotopic (exact) mass is 830 g/mol. The molecule has 56 heavy (non-hydrogen) atoms. The van der Waals surface area contributed by atoms with E-state index in [1.54, 1.807) is 60.7 Å². The second-order valence-corrected chi connectivity index (χ2v) is 17.4. The molecule has 2 aliphatic heterocycles. The van der Waals surface area contributed by atoms with Crippen LogP contribution >= 0.6 is 0 Å². The maximum absolute atomic E-state index is 13.0. The van der Waals surface area contributed by atoms with Crippen LogP contribution in [0.4, 0.5) is 0 Å². The molecule has 0 saturated heterocycles. The van der Waals surface area contributed by atoms with Crippen molar-refractivity contribution in [2.75, 3.05) is 0 Å². The maximum atomic E-state index is 13.0. The van der Waals surface area contributed by atoms with Gasteiger partial charge in [-0.2, -0.15) is 0 Å². The molecule has 4 aromatic carbocycles. The van der Waals surface area contributed by atoms with Crippen molar-refractivity contribution in [3.63, 3.8) is 0 Å². The summed E-state index contributed by atoms with van der Waals surface area (Å²) in [6.07, 6.45) is 0. The van der Waals surface area contributed by atoms with Crippen molar-refractivity contribution in [1.82, 2.24) is 39.9 Å². The highest BCUT2D eigenvalue weighted by molar-refractivity contribution is 7.91. The van der Waals surface area contributed by atoms with Crippen LogP contribution in [0.15, 0.2) is 92.4 Å². The summed E-state index contributed by atoms with van der Waals surface area (Å²) in [7, 11) is -26.0. The molecule has 282 valence electrons. The molecule has 2 N–H and O–H groups in total. The Labute approximate surface area is 313 Å². The minimum atomic E-state index is -6.60. The molecule has 0 radical (unpaired) electrons. The summed E-state index contributed by atoms with van der Waals surface area (Å²) in [5, 5.41) is -1.56. The van der Waals surface area contributed by atoms with Gasteiger partial charge in [-0.25, -0.2) is 63.6 Å². The lowest BCUT2D eigenvalue weighted by Gasteiger charge is -2.25. The lowest BCUT2D eigenvalue weighted by Crippen LogP contribution is -2.19. The van der Waals surface area contributed by atoms with Gasteiger partial charge in [0, 0.05) is 43.8 Å². The second kappa shape index (κ2) is 11.7. The van der Waals surface area contributed by atoms with Gasteiger partial charge in [-0.15, -0.1) is 0 Å². The molecule has 0 atom stereocenters. The first-order valence-corrected chi connectivity index (χ1v) is 21.1. The lowest BCUT2D eigenvalue weighted by molar-refractivity contribution is 0.430. The molecule has 0 spiro atoms. The first kappa shape index (κ1) is 35.6. The number of hydrogen-bond donors (Lipinski definition) is 2. The van der Waals surface area contributed by atoms with E-state index in [1.165, 1.54) is 12.1 Å². The Morgan fingerprint density at radius 3 is 0.929 bits per heavy atom. The first-order chi connectivity index (χ1) is 26.3. The molecular weight excluding hydrogens is 817 g/mol. The Balaban J connectivity index is 1.65. The normalized spacial score (nSPS) is 13.2. The number of aromatic amines is 2. The van der Waals surface area contributed by atoms with Crippen LogP contribution < -0.4 is 0 Å². The van der Waals surface area contributed by atoms with E-state index in [-0.39, 0.29) is 45.7 Å². The third kappa shape index (κ3) is 5.46. The number of nitrogens with zero attached hydrogens (tertiary/aromatic N) is 6. The van der Waals surface area contributed by atoms with Gasteiger partial charge < -0.3 is 28.2 Å². The van der Waals surface area contributed by atoms with Crippen LogP contribution in [-0.2, 0) is 40.5 Å². The van der Waals surface area contributed by atoms with Crippen LogP contribution in [0.3, 0.4) is 0 Å². The van der Waals surface area contributed by atoms with Gasteiger partial charge in [0.25, 0.3) is 0 Å². The predicted molar refractivity (Wildman–Crippen MR) is 188 cm³/mol. The molecule has 20 nitrogen and oxygen atoms in total. The van der Waals surface area contributed by atoms with Crippen molar-refractivity contribution in [1.29, 1.82) is 0 Å². The molecule has 5 heterocycles. The van der Waals surface area contributed by atoms with Crippen LogP contribution in [0.25, 0.3) is 89.7 Å². The van der Waals surface area contributed by atoms with Crippen molar-refractivity contribution < 1.29 is 51.9 Å². The van der Waals surface area contributed by atoms with E-state index in [2.05, 4.69) is 29.9 Å². The Morgan fingerprint density at radius 1 is 0.357 bits per heavy atom. The van der Waals surface area contributed by atoms with E-state index in [9.17, 15) is 51.9 Å². The SMILES string of the molecule is O=S(=O)([O-])c1c(S(=O)(=O)[O-])c(S(=O)(=O)[O-])c2c3nc4nc(nc5[nH]c(nc6nc(nc([nH]3)c2c1S(=O)(=O)[O-])-c1ccccc1-6)c1ccccc51)-c1ccccc1-4. The molecule has 0 aliphatic carbocycles. The Morgan fingerprint density at radius 2 is 0.625 bits per heavy atom. The molecule has 9 rings (SSSR count). The van der Waals surface area contributed by atoms with Crippen LogP contribution in [0.2, 0.25) is 0 Å². The number of hydrogen-bond acceptors (Lipinski definition) is 18. The summed E-state index contributed by atoms with van der Waals surface area (Å²) in [4.78, 5) is 23.0. The van der Waals surface area contributed by atoms with Crippen molar-refractivity contribution in [2.45, 2.75) is 19.6 Å². The molecule has 0 saturated carbocycles. The molecule has 0 amide bonds. The average molecular weight is 831 g/mol. The summed E-state index contributed by atoms with van der Waals surface area (Å²) in [6.45, 7) is 0. The van der Waals surface area contributed by atoms with E-state index in [4.69, 9.17) is 9.97 Å². The third-order valence-electron chi connectivity index (χ3n) is 8.82. The van der Waals surface area contributed by atoms with Gasteiger partial charge in [0.15, 0.2) is 23.3 Å². The van der Waals surface area contributed by atoms with Crippen LogP contribution in [0, 0.1) is 0 Å². The molecule has 8 bridgehead atoms. The zero-order valence-corrected chi connectivity index (χ0v) is 30.4. The Kier molecular flexibility index (Phi) is 7.43. The molecule has 3 aromatic heterocycles. The Bertz CT molecular complexity index is 3380. The number of rotatable bonds is 4. The van der Waals surface area contributed by atoms with Crippen molar-refractivity contribution >= 4 is 84.6 Å². The van der Waals surface area contributed by atoms with Gasteiger partial charge >= 0.3 is 0 Å². The maximum Gasteiger partial charge on any atom is 0.164 e. The fourth-order valence-corrected chi connectivity index (χ4v) is 11.6. The smallest absolute Gasteiger partial charge is 0.164 e. The van der Waals surface area contributed by atoms with E-state index < -0.39 is 82.1 Å². The minimum absolute atomic E-state index is 0.00648. The second-order valence-electron chi connectivity index (χ2n) is 12.1. The molecule has 24 heteroatoms.